The molecule has 1 amide bonds. The summed E-state index contributed by atoms with van der Waals surface area (Å²) in [5.74, 6) is 2.47. The van der Waals surface area contributed by atoms with E-state index in [-0.39, 0.29) is 5.91 Å². The number of hydrogen-bond donors (Lipinski definition) is 0. The summed E-state index contributed by atoms with van der Waals surface area (Å²) in [4.78, 5) is 17.2. The van der Waals surface area contributed by atoms with Crippen molar-refractivity contribution in [3.05, 3.63) is 23.8 Å². The first-order valence-corrected chi connectivity index (χ1v) is 8.57. The second-order valence-corrected chi connectivity index (χ2v) is 6.91. The third-order valence-electron chi connectivity index (χ3n) is 5.35. The fraction of sp³-hybridized carbons (Fsp3) is 0.611. The normalized spacial score (nSPS) is 26.9. The smallest absolute Gasteiger partial charge is 0.227 e. The number of likely N-dealkylation sites (N-methyl/N-ethyl adjacent to an activating group) is 1. The number of carbonyl (C=O) groups is 1. The molecule has 124 valence electrons. The summed E-state index contributed by atoms with van der Waals surface area (Å²) in [7, 11) is 2.15. The van der Waals surface area contributed by atoms with Crippen LogP contribution in [0.15, 0.2) is 18.2 Å². The van der Waals surface area contributed by atoms with E-state index < -0.39 is 0 Å². The molecule has 2 saturated heterocycles. The minimum atomic E-state index is 0.240. The molecular formula is C18H24N2O3. The molecule has 23 heavy (non-hydrogen) atoms. The Kier molecular flexibility index (Phi) is 3.89. The molecule has 0 aliphatic carbocycles. The van der Waals surface area contributed by atoms with E-state index in [1.807, 2.05) is 18.2 Å². The minimum Gasteiger partial charge on any atom is -0.486 e. The van der Waals surface area contributed by atoms with Crippen molar-refractivity contribution in [2.45, 2.75) is 25.3 Å². The maximum absolute atomic E-state index is 12.8. The lowest BCUT2D eigenvalue weighted by Crippen LogP contribution is -2.48. The number of ether oxygens (including phenoxy) is 2. The van der Waals surface area contributed by atoms with E-state index in [2.05, 4.69) is 16.8 Å². The Morgan fingerprint density at radius 2 is 1.96 bits per heavy atom. The number of piperidine rings is 1. The zero-order valence-electron chi connectivity index (χ0n) is 13.7. The highest BCUT2D eigenvalue weighted by Crippen LogP contribution is 2.33. The van der Waals surface area contributed by atoms with E-state index in [1.54, 1.807) is 0 Å². The molecule has 5 nitrogen and oxygen atoms in total. The van der Waals surface area contributed by atoms with Gasteiger partial charge >= 0.3 is 0 Å². The molecule has 0 saturated carbocycles. The first-order valence-electron chi connectivity index (χ1n) is 8.57. The number of nitrogens with zero attached hydrogens (tertiary/aromatic N) is 2. The third-order valence-corrected chi connectivity index (χ3v) is 5.35. The van der Waals surface area contributed by atoms with Crippen LogP contribution in [-0.2, 0) is 11.2 Å². The van der Waals surface area contributed by atoms with Crippen LogP contribution >= 0.6 is 0 Å². The van der Waals surface area contributed by atoms with Crippen LogP contribution in [0, 0.1) is 5.92 Å². The molecule has 0 radical (unpaired) electrons. The van der Waals surface area contributed by atoms with E-state index in [9.17, 15) is 4.79 Å². The van der Waals surface area contributed by atoms with Crippen molar-refractivity contribution in [2.75, 3.05) is 39.9 Å². The van der Waals surface area contributed by atoms with Crippen LogP contribution in [0.4, 0.5) is 0 Å². The number of benzene rings is 1. The maximum Gasteiger partial charge on any atom is 0.227 e. The van der Waals surface area contributed by atoms with E-state index in [0.29, 0.717) is 31.6 Å². The van der Waals surface area contributed by atoms with Crippen molar-refractivity contribution in [3.8, 4) is 11.5 Å². The maximum atomic E-state index is 12.8. The Bertz CT molecular complexity index is 604. The molecule has 2 fully saturated rings. The first kappa shape index (κ1) is 14.8. The van der Waals surface area contributed by atoms with Crippen LogP contribution in [0.25, 0.3) is 0 Å². The molecule has 3 aliphatic heterocycles. The molecule has 0 N–H and O–H groups in total. The van der Waals surface area contributed by atoms with Crippen LogP contribution in [0.2, 0.25) is 0 Å². The third kappa shape index (κ3) is 2.90. The Morgan fingerprint density at radius 1 is 1.17 bits per heavy atom. The second kappa shape index (κ2) is 6.04. The largest absolute Gasteiger partial charge is 0.486 e. The summed E-state index contributed by atoms with van der Waals surface area (Å²) in [6.07, 6.45) is 2.82. The van der Waals surface area contributed by atoms with Gasteiger partial charge in [-0.1, -0.05) is 6.07 Å². The standard InChI is InChI=1S/C18H24N2O3/c1-19-6-4-14-5-7-20(15(14)12-19)18(21)11-13-2-3-16-17(10-13)23-9-8-22-16/h2-3,10,14-15H,4-9,11-12H2,1H3/t14-,15-/m0/s1. The van der Waals surface area contributed by atoms with Gasteiger partial charge in [-0.15, -0.1) is 0 Å². The van der Waals surface area contributed by atoms with Gasteiger partial charge in [0.15, 0.2) is 11.5 Å². The Morgan fingerprint density at radius 3 is 2.83 bits per heavy atom. The highest BCUT2D eigenvalue weighted by atomic mass is 16.6. The van der Waals surface area contributed by atoms with Gasteiger partial charge in [-0.3, -0.25) is 4.79 Å². The van der Waals surface area contributed by atoms with Gasteiger partial charge in [0.2, 0.25) is 5.91 Å². The molecule has 2 atom stereocenters. The van der Waals surface area contributed by atoms with Crippen LogP contribution < -0.4 is 9.47 Å². The van der Waals surface area contributed by atoms with Crippen LogP contribution in [0.1, 0.15) is 18.4 Å². The van der Waals surface area contributed by atoms with Crippen molar-refractivity contribution >= 4 is 5.91 Å². The monoisotopic (exact) mass is 316 g/mol. The summed E-state index contributed by atoms with van der Waals surface area (Å²) < 4.78 is 11.2. The number of amides is 1. The predicted octanol–water partition coefficient (Wildman–Crippen LogP) is 1.55. The van der Waals surface area contributed by atoms with Gasteiger partial charge in [0.05, 0.1) is 6.42 Å². The average molecular weight is 316 g/mol. The van der Waals surface area contributed by atoms with Crippen molar-refractivity contribution in [1.82, 2.24) is 9.80 Å². The molecular weight excluding hydrogens is 292 g/mol. The summed E-state index contributed by atoms with van der Waals surface area (Å²) in [5, 5.41) is 0. The van der Waals surface area contributed by atoms with Gasteiger partial charge in [0.1, 0.15) is 13.2 Å². The van der Waals surface area contributed by atoms with Gasteiger partial charge in [-0.05, 0) is 50.0 Å². The summed E-state index contributed by atoms with van der Waals surface area (Å²) in [6, 6.07) is 6.25. The zero-order valence-corrected chi connectivity index (χ0v) is 13.7. The number of hydrogen-bond acceptors (Lipinski definition) is 4. The van der Waals surface area contributed by atoms with Crippen LogP contribution in [0.3, 0.4) is 0 Å². The Balaban J connectivity index is 1.45. The number of rotatable bonds is 2. The fourth-order valence-electron chi connectivity index (χ4n) is 4.08. The number of carbonyl (C=O) groups excluding carboxylic acids is 1. The molecule has 0 spiro atoms. The van der Waals surface area contributed by atoms with E-state index >= 15 is 0 Å². The fourth-order valence-corrected chi connectivity index (χ4v) is 4.08. The number of fused-ring (bicyclic) bond motifs is 2. The molecule has 1 aromatic carbocycles. The van der Waals surface area contributed by atoms with Gasteiger partial charge in [0.25, 0.3) is 0 Å². The molecule has 3 aliphatic rings. The molecule has 0 bridgehead atoms. The molecule has 3 heterocycles. The topological polar surface area (TPSA) is 42.0 Å². The van der Waals surface area contributed by atoms with Crippen molar-refractivity contribution in [3.63, 3.8) is 0 Å². The van der Waals surface area contributed by atoms with Gasteiger partial charge < -0.3 is 19.3 Å². The Labute approximate surface area is 137 Å². The first-order chi connectivity index (χ1) is 11.2. The van der Waals surface area contributed by atoms with Crippen molar-refractivity contribution in [2.24, 2.45) is 5.92 Å². The highest BCUT2D eigenvalue weighted by molar-refractivity contribution is 5.79. The van der Waals surface area contributed by atoms with E-state index in [1.165, 1.54) is 6.42 Å². The minimum absolute atomic E-state index is 0.240. The summed E-state index contributed by atoms with van der Waals surface area (Å²) >= 11 is 0. The highest BCUT2D eigenvalue weighted by Gasteiger charge is 2.39. The second-order valence-electron chi connectivity index (χ2n) is 6.91. The lowest BCUT2D eigenvalue weighted by atomic mass is 9.92. The molecule has 0 aromatic heterocycles. The number of likely N-dealkylation sites (tertiary alicyclic amines) is 2. The zero-order chi connectivity index (χ0) is 15.8. The summed E-state index contributed by atoms with van der Waals surface area (Å²) in [6.45, 7) is 4.25. The molecule has 4 rings (SSSR count). The van der Waals surface area contributed by atoms with Gasteiger partial charge in [0, 0.05) is 19.1 Å². The quantitative estimate of drug-likeness (QED) is 0.830. The SMILES string of the molecule is CN1CC[C@H]2CCN(C(=O)Cc3ccc4c(c3)OCCO4)[C@H]2C1. The molecule has 0 unspecified atom stereocenters. The Hall–Kier alpha value is -1.75. The van der Waals surface area contributed by atoms with Crippen LogP contribution in [0.5, 0.6) is 11.5 Å². The predicted molar refractivity (Wildman–Crippen MR) is 86.9 cm³/mol. The summed E-state index contributed by atoms with van der Waals surface area (Å²) in [5.41, 5.74) is 1.01. The van der Waals surface area contributed by atoms with E-state index in [4.69, 9.17) is 9.47 Å². The average Bonchev–Trinajstić information content (AvgIpc) is 2.98. The van der Waals surface area contributed by atoms with Crippen molar-refractivity contribution < 1.29 is 14.3 Å². The van der Waals surface area contributed by atoms with Gasteiger partial charge in [-0.2, -0.15) is 0 Å². The van der Waals surface area contributed by atoms with E-state index in [0.717, 1.165) is 43.1 Å². The molecule has 5 heteroatoms. The van der Waals surface area contributed by atoms with Gasteiger partial charge in [-0.25, -0.2) is 0 Å². The van der Waals surface area contributed by atoms with Crippen LogP contribution in [-0.4, -0.2) is 61.6 Å². The molecule has 1 aromatic rings. The lowest BCUT2D eigenvalue weighted by molar-refractivity contribution is -0.132. The lowest BCUT2D eigenvalue weighted by Gasteiger charge is -2.36. The van der Waals surface area contributed by atoms with Crippen molar-refractivity contribution in [1.29, 1.82) is 0 Å².